The maximum atomic E-state index is 10.9. The molecule has 0 fully saturated rings. The van der Waals surface area contributed by atoms with Crippen molar-refractivity contribution in [1.29, 1.82) is 0 Å². The Hall–Kier alpha value is -1.48. The van der Waals surface area contributed by atoms with Crippen molar-refractivity contribution in [2.24, 2.45) is 0 Å². The number of esters is 1. The molecule has 0 atom stereocenters. The minimum atomic E-state index is -0.359. The molecule has 16 heavy (non-hydrogen) atoms. The lowest BCUT2D eigenvalue weighted by molar-refractivity contribution is -0.137. The standard InChI is InChI=1S/C12H13ClO3/c1-2-15-12(14)4-3-9-16-11-7-5-10(13)6-8-11/h3-8H,2,9H2,1H3/b4-3+. The molecule has 4 heteroatoms. The Morgan fingerprint density at radius 2 is 2.06 bits per heavy atom. The van der Waals surface area contributed by atoms with E-state index in [1.807, 2.05) is 0 Å². The first-order valence-electron chi connectivity index (χ1n) is 4.94. The molecule has 0 aliphatic rings. The van der Waals surface area contributed by atoms with Gasteiger partial charge in [-0.05, 0) is 37.3 Å². The summed E-state index contributed by atoms with van der Waals surface area (Å²) in [4.78, 5) is 10.9. The van der Waals surface area contributed by atoms with Crippen LogP contribution in [0.3, 0.4) is 0 Å². The van der Waals surface area contributed by atoms with Crippen molar-refractivity contribution in [2.75, 3.05) is 13.2 Å². The molecule has 1 aromatic carbocycles. The number of halogens is 1. The van der Waals surface area contributed by atoms with Crippen LogP contribution in [-0.4, -0.2) is 19.2 Å². The van der Waals surface area contributed by atoms with Crippen LogP contribution >= 0.6 is 11.6 Å². The molecule has 0 spiro atoms. The van der Waals surface area contributed by atoms with Crippen molar-refractivity contribution in [1.82, 2.24) is 0 Å². The second-order valence-corrected chi connectivity index (χ2v) is 3.36. The van der Waals surface area contributed by atoms with Crippen LogP contribution < -0.4 is 4.74 Å². The number of benzene rings is 1. The van der Waals surface area contributed by atoms with E-state index in [4.69, 9.17) is 21.1 Å². The molecule has 0 N–H and O–H groups in total. The molecular weight excluding hydrogens is 228 g/mol. The molecule has 1 rings (SSSR count). The normalized spacial score (nSPS) is 10.4. The van der Waals surface area contributed by atoms with Gasteiger partial charge in [-0.15, -0.1) is 0 Å². The number of hydrogen-bond acceptors (Lipinski definition) is 3. The first-order valence-corrected chi connectivity index (χ1v) is 5.32. The highest BCUT2D eigenvalue weighted by Gasteiger charge is 1.94. The molecule has 0 saturated heterocycles. The SMILES string of the molecule is CCOC(=O)/C=C/COc1ccc(Cl)cc1. The van der Waals surface area contributed by atoms with Gasteiger partial charge in [0.1, 0.15) is 12.4 Å². The summed E-state index contributed by atoms with van der Waals surface area (Å²) >= 11 is 5.72. The zero-order valence-electron chi connectivity index (χ0n) is 8.98. The number of carbonyl (C=O) groups excluding carboxylic acids is 1. The fourth-order valence-electron chi connectivity index (χ4n) is 1.01. The van der Waals surface area contributed by atoms with E-state index in [0.717, 1.165) is 0 Å². The Labute approximate surface area is 99.6 Å². The van der Waals surface area contributed by atoms with Crippen LogP contribution in [0.4, 0.5) is 0 Å². The van der Waals surface area contributed by atoms with Gasteiger partial charge in [-0.1, -0.05) is 11.6 Å². The number of rotatable bonds is 5. The van der Waals surface area contributed by atoms with Gasteiger partial charge in [-0.2, -0.15) is 0 Å². The van der Waals surface area contributed by atoms with Crippen molar-refractivity contribution >= 4 is 17.6 Å². The van der Waals surface area contributed by atoms with E-state index in [9.17, 15) is 4.79 Å². The molecule has 1 aromatic rings. The monoisotopic (exact) mass is 240 g/mol. The highest BCUT2D eigenvalue weighted by molar-refractivity contribution is 6.30. The molecule has 0 amide bonds. The third kappa shape index (κ3) is 4.84. The Kier molecular flexibility index (Phi) is 5.43. The molecule has 0 aliphatic carbocycles. The number of carbonyl (C=O) groups is 1. The van der Waals surface area contributed by atoms with Crippen molar-refractivity contribution in [3.8, 4) is 5.75 Å². The van der Waals surface area contributed by atoms with Gasteiger partial charge in [0, 0.05) is 11.1 Å². The van der Waals surface area contributed by atoms with Crippen LogP contribution in [0.15, 0.2) is 36.4 Å². The molecule has 0 unspecified atom stereocenters. The van der Waals surface area contributed by atoms with E-state index in [0.29, 0.717) is 24.0 Å². The molecule has 0 bridgehead atoms. The lowest BCUT2D eigenvalue weighted by Gasteiger charge is -2.02. The molecule has 3 nitrogen and oxygen atoms in total. The first-order chi connectivity index (χ1) is 7.72. The Morgan fingerprint density at radius 1 is 1.38 bits per heavy atom. The molecule has 0 aromatic heterocycles. The minimum Gasteiger partial charge on any atom is -0.490 e. The molecule has 0 radical (unpaired) electrons. The molecule has 0 saturated carbocycles. The summed E-state index contributed by atoms with van der Waals surface area (Å²) in [6.45, 7) is 2.46. The first kappa shape index (κ1) is 12.6. The lowest BCUT2D eigenvalue weighted by atomic mass is 10.3. The highest BCUT2D eigenvalue weighted by atomic mass is 35.5. The summed E-state index contributed by atoms with van der Waals surface area (Å²) in [7, 11) is 0. The van der Waals surface area contributed by atoms with Gasteiger partial charge in [0.25, 0.3) is 0 Å². The van der Waals surface area contributed by atoms with Crippen LogP contribution in [0.25, 0.3) is 0 Å². The topological polar surface area (TPSA) is 35.5 Å². The number of ether oxygens (including phenoxy) is 2. The van der Waals surface area contributed by atoms with Gasteiger partial charge in [0.2, 0.25) is 0 Å². The largest absolute Gasteiger partial charge is 0.490 e. The zero-order chi connectivity index (χ0) is 11.8. The van der Waals surface area contributed by atoms with E-state index in [1.165, 1.54) is 6.08 Å². The van der Waals surface area contributed by atoms with E-state index in [2.05, 4.69) is 0 Å². The molecular formula is C12H13ClO3. The predicted octanol–water partition coefficient (Wildman–Crippen LogP) is 2.84. The van der Waals surface area contributed by atoms with Crippen LogP contribution in [0.1, 0.15) is 6.92 Å². The molecule has 86 valence electrons. The zero-order valence-corrected chi connectivity index (χ0v) is 9.74. The second kappa shape index (κ2) is 6.90. The van der Waals surface area contributed by atoms with Crippen LogP contribution in [0.2, 0.25) is 5.02 Å². The fraction of sp³-hybridized carbons (Fsp3) is 0.250. The quantitative estimate of drug-likeness (QED) is 0.587. The number of hydrogen-bond donors (Lipinski definition) is 0. The van der Waals surface area contributed by atoms with Crippen molar-refractivity contribution in [3.05, 3.63) is 41.4 Å². The van der Waals surface area contributed by atoms with Crippen LogP contribution in [0, 0.1) is 0 Å². The van der Waals surface area contributed by atoms with Crippen molar-refractivity contribution in [2.45, 2.75) is 6.92 Å². The summed E-state index contributed by atoms with van der Waals surface area (Å²) in [5.41, 5.74) is 0. The van der Waals surface area contributed by atoms with Gasteiger partial charge >= 0.3 is 5.97 Å². The maximum Gasteiger partial charge on any atom is 0.330 e. The van der Waals surface area contributed by atoms with Gasteiger partial charge in [0.15, 0.2) is 0 Å². The Balaban J connectivity index is 2.30. The molecule has 0 aliphatic heterocycles. The summed E-state index contributed by atoms with van der Waals surface area (Å²) in [5.74, 6) is 0.347. The third-order valence-corrected chi connectivity index (χ3v) is 1.95. The Morgan fingerprint density at radius 3 is 2.69 bits per heavy atom. The Bertz CT molecular complexity index is 357. The fourth-order valence-corrected chi connectivity index (χ4v) is 1.14. The average molecular weight is 241 g/mol. The summed E-state index contributed by atoms with van der Waals surface area (Å²) < 4.78 is 10.0. The smallest absolute Gasteiger partial charge is 0.330 e. The van der Waals surface area contributed by atoms with E-state index in [-0.39, 0.29) is 5.97 Å². The third-order valence-electron chi connectivity index (χ3n) is 1.70. The summed E-state index contributed by atoms with van der Waals surface area (Å²) in [5, 5.41) is 0.661. The summed E-state index contributed by atoms with van der Waals surface area (Å²) in [6, 6.07) is 7.01. The van der Waals surface area contributed by atoms with Gasteiger partial charge < -0.3 is 9.47 Å². The second-order valence-electron chi connectivity index (χ2n) is 2.92. The van der Waals surface area contributed by atoms with E-state index >= 15 is 0 Å². The van der Waals surface area contributed by atoms with Gasteiger partial charge in [0.05, 0.1) is 6.61 Å². The van der Waals surface area contributed by atoms with Crippen molar-refractivity contribution < 1.29 is 14.3 Å². The maximum absolute atomic E-state index is 10.9. The van der Waals surface area contributed by atoms with Crippen LogP contribution in [-0.2, 0) is 9.53 Å². The van der Waals surface area contributed by atoms with E-state index in [1.54, 1.807) is 37.3 Å². The van der Waals surface area contributed by atoms with Gasteiger partial charge in [-0.25, -0.2) is 4.79 Å². The van der Waals surface area contributed by atoms with Crippen LogP contribution in [0.5, 0.6) is 5.75 Å². The van der Waals surface area contributed by atoms with Gasteiger partial charge in [-0.3, -0.25) is 0 Å². The molecule has 0 heterocycles. The lowest BCUT2D eigenvalue weighted by Crippen LogP contribution is -2.00. The summed E-state index contributed by atoms with van der Waals surface area (Å²) in [6.07, 6.45) is 2.95. The predicted molar refractivity (Wildman–Crippen MR) is 62.7 cm³/mol. The van der Waals surface area contributed by atoms with E-state index < -0.39 is 0 Å². The highest BCUT2D eigenvalue weighted by Crippen LogP contribution is 2.15. The van der Waals surface area contributed by atoms with Crippen molar-refractivity contribution in [3.63, 3.8) is 0 Å². The minimum absolute atomic E-state index is 0.320. The average Bonchev–Trinajstić information content (AvgIpc) is 2.27.